The average molecular weight is 394 g/mol. The molecule has 2 saturated carbocycles. The molecular formula is C21H32ClN3O2. The van der Waals surface area contributed by atoms with Gasteiger partial charge < -0.3 is 16.4 Å². The van der Waals surface area contributed by atoms with Gasteiger partial charge in [0.05, 0.1) is 11.3 Å². The highest BCUT2D eigenvalue weighted by Crippen LogP contribution is 2.42. The van der Waals surface area contributed by atoms with E-state index < -0.39 is 0 Å². The summed E-state index contributed by atoms with van der Waals surface area (Å²) in [4.78, 5) is 25.4. The van der Waals surface area contributed by atoms with Gasteiger partial charge in [0, 0.05) is 17.5 Å². The summed E-state index contributed by atoms with van der Waals surface area (Å²) in [7, 11) is 0. The Morgan fingerprint density at radius 2 is 1.67 bits per heavy atom. The number of benzene rings is 1. The van der Waals surface area contributed by atoms with Crippen molar-refractivity contribution in [1.29, 1.82) is 0 Å². The number of halogens is 1. The first-order valence-corrected chi connectivity index (χ1v) is 9.72. The van der Waals surface area contributed by atoms with Gasteiger partial charge in [0.1, 0.15) is 0 Å². The molecule has 2 aliphatic carbocycles. The van der Waals surface area contributed by atoms with Crippen LogP contribution in [0.25, 0.3) is 0 Å². The molecule has 1 aromatic carbocycles. The minimum absolute atomic E-state index is 0. The van der Waals surface area contributed by atoms with E-state index >= 15 is 0 Å². The van der Waals surface area contributed by atoms with E-state index in [4.69, 9.17) is 5.73 Å². The number of para-hydroxylation sites is 1. The molecule has 0 radical (unpaired) electrons. The van der Waals surface area contributed by atoms with Crippen LogP contribution >= 0.6 is 12.4 Å². The normalized spacial score (nSPS) is 27.3. The Labute approximate surface area is 168 Å². The van der Waals surface area contributed by atoms with Gasteiger partial charge in [0.15, 0.2) is 0 Å². The molecule has 3 rings (SSSR count). The molecule has 4 N–H and O–H groups in total. The van der Waals surface area contributed by atoms with Crippen LogP contribution in [0.5, 0.6) is 0 Å². The summed E-state index contributed by atoms with van der Waals surface area (Å²) in [5.41, 5.74) is 7.09. The monoisotopic (exact) mass is 393 g/mol. The van der Waals surface area contributed by atoms with Gasteiger partial charge in [-0.1, -0.05) is 18.6 Å². The molecule has 27 heavy (non-hydrogen) atoms. The number of hydrogen-bond acceptors (Lipinski definition) is 3. The highest BCUT2D eigenvalue weighted by molar-refractivity contribution is 6.04. The molecule has 2 unspecified atom stereocenters. The number of rotatable bonds is 3. The average Bonchev–Trinajstić information content (AvgIpc) is 2.53. The van der Waals surface area contributed by atoms with Crippen LogP contribution in [0, 0.1) is 17.8 Å². The molecule has 1 aromatic rings. The third kappa shape index (κ3) is 5.23. The van der Waals surface area contributed by atoms with Gasteiger partial charge in [-0.25, -0.2) is 0 Å². The van der Waals surface area contributed by atoms with Gasteiger partial charge in [-0.2, -0.15) is 0 Å². The first kappa shape index (κ1) is 21.7. The lowest BCUT2D eigenvalue weighted by Gasteiger charge is -2.43. The van der Waals surface area contributed by atoms with E-state index in [1.54, 1.807) is 12.1 Å². The van der Waals surface area contributed by atoms with Gasteiger partial charge in [-0.15, -0.1) is 12.4 Å². The molecule has 2 fully saturated rings. The second-order valence-corrected chi connectivity index (χ2v) is 8.94. The molecule has 0 saturated heterocycles. The number of nitrogens with two attached hydrogens (primary N) is 1. The second kappa shape index (κ2) is 8.61. The standard InChI is InChI=1S/C21H31N3O2.ClH/c1-21(2,3)24-20(26)16-9-4-5-10-17(16)23-19(25)15-11-13-7-6-8-14(12-15)18(13)22;/h4-5,9-10,13-15,18H,6-8,11-12,22H2,1-3H3,(H,23,25)(H,24,26);1H. The van der Waals surface area contributed by atoms with Crippen LogP contribution in [-0.2, 0) is 4.79 Å². The van der Waals surface area contributed by atoms with Gasteiger partial charge in [0.25, 0.3) is 5.91 Å². The Bertz CT molecular complexity index is 672. The summed E-state index contributed by atoms with van der Waals surface area (Å²) in [5, 5.41) is 5.97. The van der Waals surface area contributed by atoms with Crippen LogP contribution in [0.3, 0.4) is 0 Å². The van der Waals surface area contributed by atoms with Gasteiger partial charge in [-0.05, 0) is 70.4 Å². The van der Waals surface area contributed by atoms with Crippen molar-refractivity contribution in [3.63, 3.8) is 0 Å². The lowest BCUT2D eigenvalue weighted by Crippen LogP contribution is -2.48. The maximum absolute atomic E-state index is 12.9. The summed E-state index contributed by atoms with van der Waals surface area (Å²) in [6, 6.07) is 7.46. The lowest BCUT2D eigenvalue weighted by molar-refractivity contribution is -0.122. The van der Waals surface area contributed by atoms with E-state index in [1.165, 1.54) is 6.42 Å². The number of anilines is 1. The van der Waals surface area contributed by atoms with Crippen molar-refractivity contribution in [1.82, 2.24) is 5.32 Å². The molecule has 2 amide bonds. The van der Waals surface area contributed by atoms with Gasteiger partial charge in [-0.3, -0.25) is 9.59 Å². The summed E-state index contributed by atoms with van der Waals surface area (Å²) in [5.74, 6) is 0.750. The molecular weight excluding hydrogens is 362 g/mol. The molecule has 0 spiro atoms. The van der Waals surface area contributed by atoms with Crippen molar-refractivity contribution in [2.24, 2.45) is 23.5 Å². The largest absolute Gasteiger partial charge is 0.347 e. The highest BCUT2D eigenvalue weighted by atomic mass is 35.5. The summed E-state index contributed by atoms with van der Waals surface area (Å²) >= 11 is 0. The molecule has 0 heterocycles. The first-order chi connectivity index (χ1) is 12.2. The Morgan fingerprint density at radius 1 is 1.07 bits per heavy atom. The quantitative estimate of drug-likeness (QED) is 0.731. The van der Waals surface area contributed by atoms with Crippen LogP contribution < -0.4 is 16.4 Å². The fraction of sp³-hybridized carbons (Fsp3) is 0.619. The van der Waals surface area contributed by atoms with Crippen LogP contribution in [0.4, 0.5) is 5.69 Å². The first-order valence-electron chi connectivity index (χ1n) is 9.72. The Hall–Kier alpha value is -1.59. The molecule has 6 heteroatoms. The zero-order chi connectivity index (χ0) is 18.9. The van der Waals surface area contributed by atoms with E-state index in [1.807, 2.05) is 32.9 Å². The fourth-order valence-electron chi connectivity index (χ4n) is 4.44. The molecule has 150 valence electrons. The SMILES string of the molecule is CC(C)(C)NC(=O)c1ccccc1NC(=O)C1CC2CCCC(C1)C2N.Cl. The van der Waals surface area contributed by atoms with E-state index in [0.29, 0.717) is 23.1 Å². The molecule has 0 aromatic heterocycles. The number of carbonyl (C=O) groups excluding carboxylic acids is 2. The van der Waals surface area contributed by atoms with Crippen molar-refractivity contribution in [3.05, 3.63) is 29.8 Å². The maximum atomic E-state index is 12.9. The summed E-state index contributed by atoms with van der Waals surface area (Å²) < 4.78 is 0. The molecule has 2 bridgehead atoms. The Balaban J connectivity index is 0.00000261. The number of amides is 2. The number of hydrogen-bond donors (Lipinski definition) is 3. The van der Waals surface area contributed by atoms with Crippen LogP contribution in [0.1, 0.15) is 63.2 Å². The van der Waals surface area contributed by atoms with E-state index in [9.17, 15) is 9.59 Å². The molecule has 0 aliphatic heterocycles. The van der Waals surface area contributed by atoms with Crippen molar-refractivity contribution >= 4 is 29.9 Å². The minimum Gasteiger partial charge on any atom is -0.347 e. The fourth-order valence-corrected chi connectivity index (χ4v) is 4.44. The van der Waals surface area contributed by atoms with Gasteiger partial charge in [0.2, 0.25) is 5.91 Å². The van der Waals surface area contributed by atoms with E-state index in [2.05, 4.69) is 10.6 Å². The number of carbonyl (C=O) groups is 2. The summed E-state index contributed by atoms with van der Waals surface area (Å²) in [6.07, 6.45) is 5.21. The smallest absolute Gasteiger partial charge is 0.253 e. The topological polar surface area (TPSA) is 84.2 Å². The van der Waals surface area contributed by atoms with Crippen molar-refractivity contribution in [3.8, 4) is 0 Å². The molecule has 2 aliphatic rings. The van der Waals surface area contributed by atoms with Crippen molar-refractivity contribution in [2.75, 3.05) is 5.32 Å². The third-order valence-corrected chi connectivity index (χ3v) is 5.70. The van der Waals surface area contributed by atoms with E-state index in [-0.39, 0.29) is 41.7 Å². The Morgan fingerprint density at radius 3 is 2.26 bits per heavy atom. The molecule has 2 atom stereocenters. The third-order valence-electron chi connectivity index (χ3n) is 5.70. The zero-order valence-corrected chi connectivity index (χ0v) is 17.3. The zero-order valence-electron chi connectivity index (χ0n) is 16.5. The Kier molecular flexibility index (Phi) is 6.92. The predicted molar refractivity (Wildman–Crippen MR) is 111 cm³/mol. The number of fused-ring (bicyclic) bond motifs is 2. The van der Waals surface area contributed by atoms with Crippen molar-refractivity contribution in [2.45, 2.75) is 64.5 Å². The highest BCUT2D eigenvalue weighted by Gasteiger charge is 2.40. The van der Waals surface area contributed by atoms with Crippen LogP contribution in [0.2, 0.25) is 0 Å². The van der Waals surface area contributed by atoms with Gasteiger partial charge >= 0.3 is 0 Å². The number of nitrogens with one attached hydrogen (secondary N) is 2. The lowest BCUT2D eigenvalue weighted by atomic mass is 9.65. The summed E-state index contributed by atoms with van der Waals surface area (Å²) in [6.45, 7) is 5.82. The predicted octanol–water partition coefficient (Wildman–Crippen LogP) is 3.73. The van der Waals surface area contributed by atoms with E-state index in [0.717, 1.165) is 25.7 Å². The molecule has 5 nitrogen and oxygen atoms in total. The maximum Gasteiger partial charge on any atom is 0.253 e. The van der Waals surface area contributed by atoms with Crippen LogP contribution in [-0.4, -0.2) is 23.4 Å². The van der Waals surface area contributed by atoms with Crippen LogP contribution in [0.15, 0.2) is 24.3 Å². The van der Waals surface area contributed by atoms with Crippen molar-refractivity contribution < 1.29 is 9.59 Å². The minimum atomic E-state index is -0.328. The second-order valence-electron chi connectivity index (χ2n) is 8.94.